The van der Waals surface area contributed by atoms with Crippen LogP contribution in [0.2, 0.25) is 0 Å². The van der Waals surface area contributed by atoms with Crippen LogP contribution in [0.3, 0.4) is 0 Å². The van der Waals surface area contributed by atoms with Gasteiger partial charge < -0.3 is 16.8 Å². The molecule has 6 nitrogen and oxygen atoms in total. The number of hydrogen-bond acceptors (Lipinski definition) is 5. The largest absolute Gasteiger partial charge is 0.364 e. The molecule has 0 atom stereocenters. The number of aromatic nitrogens is 2. The van der Waals surface area contributed by atoms with Gasteiger partial charge in [0.1, 0.15) is 5.82 Å². The number of carbonyl (C=O) groups excluding carboxylic acids is 1. The standard InChI is InChI=1S/C11H19N5O/c1-3-11(4-2,7-12)14-9-6-5-8(10(13)17)15-16-9/h5-6H,3-4,7,12H2,1-2H3,(H2,13,17)(H,14,16). The molecular formula is C11H19N5O. The number of nitrogens with one attached hydrogen (secondary N) is 1. The Morgan fingerprint density at radius 3 is 2.35 bits per heavy atom. The van der Waals surface area contributed by atoms with E-state index in [0.29, 0.717) is 12.4 Å². The van der Waals surface area contributed by atoms with E-state index in [9.17, 15) is 4.79 Å². The summed E-state index contributed by atoms with van der Waals surface area (Å²) in [6.07, 6.45) is 1.78. The number of anilines is 1. The summed E-state index contributed by atoms with van der Waals surface area (Å²) in [7, 11) is 0. The van der Waals surface area contributed by atoms with Crippen molar-refractivity contribution in [2.45, 2.75) is 32.2 Å². The number of nitrogens with zero attached hydrogens (tertiary/aromatic N) is 2. The minimum Gasteiger partial charge on any atom is -0.364 e. The second-order valence-corrected chi connectivity index (χ2v) is 3.98. The van der Waals surface area contributed by atoms with Crippen LogP contribution in [-0.2, 0) is 0 Å². The molecule has 0 bridgehead atoms. The highest BCUT2D eigenvalue weighted by Crippen LogP contribution is 2.19. The third-order valence-corrected chi connectivity index (χ3v) is 3.05. The summed E-state index contributed by atoms with van der Waals surface area (Å²) >= 11 is 0. The molecule has 0 radical (unpaired) electrons. The second-order valence-electron chi connectivity index (χ2n) is 3.98. The molecule has 5 N–H and O–H groups in total. The number of rotatable bonds is 6. The Kier molecular flexibility index (Phi) is 4.39. The van der Waals surface area contributed by atoms with Crippen molar-refractivity contribution < 1.29 is 4.79 Å². The van der Waals surface area contributed by atoms with E-state index in [1.165, 1.54) is 0 Å². The molecule has 1 heterocycles. The van der Waals surface area contributed by atoms with Crippen LogP contribution in [0, 0.1) is 0 Å². The smallest absolute Gasteiger partial charge is 0.269 e. The van der Waals surface area contributed by atoms with Gasteiger partial charge in [-0.2, -0.15) is 0 Å². The number of amides is 1. The lowest BCUT2D eigenvalue weighted by molar-refractivity contribution is 0.0994. The monoisotopic (exact) mass is 237 g/mol. The van der Waals surface area contributed by atoms with Crippen molar-refractivity contribution in [2.75, 3.05) is 11.9 Å². The zero-order valence-electron chi connectivity index (χ0n) is 10.2. The summed E-state index contributed by atoms with van der Waals surface area (Å²) in [6.45, 7) is 4.64. The normalized spacial score (nSPS) is 11.2. The molecular weight excluding hydrogens is 218 g/mol. The highest BCUT2D eigenvalue weighted by Gasteiger charge is 2.24. The first-order valence-corrected chi connectivity index (χ1v) is 5.68. The summed E-state index contributed by atoms with van der Waals surface area (Å²) < 4.78 is 0. The lowest BCUT2D eigenvalue weighted by atomic mass is 9.93. The van der Waals surface area contributed by atoms with Crippen LogP contribution in [0.5, 0.6) is 0 Å². The van der Waals surface area contributed by atoms with E-state index in [2.05, 4.69) is 29.4 Å². The Morgan fingerprint density at radius 2 is 2.00 bits per heavy atom. The van der Waals surface area contributed by atoms with Crippen molar-refractivity contribution in [1.82, 2.24) is 10.2 Å². The zero-order valence-corrected chi connectivity index (χ0v) is 10.2. The topological polar surface area (TPSA) is 107 Å². The fourth-order valence-electron chi connectivity index (χ4n) is 1.57. The van der Waals surface area contributed by atoms with E-state index < -0.39 is 5.91 Å². The first-order valence-electron chi connectivity index (χ1n) is 5.68. The van der Waals surface area contributed by atoms with Gasteiger partial charge in [-0.15, -0.1) is 10.2 Å². The Bertz CT molecular complexity index is 364. The molecule has 0 aliphatic carbocycles. The van der Waals surface area contributed by atoms with Gasteiger partial charge in [-0.3, -0.25) is 4.79 Å². The number of carbonyl (C=O) groups is 1. The van der Waals surface area contributed by atoms with Crippen molar-refractivity contribution in [2.24, 2.45) is 11.5 Å². The van der Waals surface area contributed by atoms with Crippen LogP contribution in [-0.4, -0.2) is 28.2 Å². The molecule has 1 amide bonds. The van der Waals surface area contributed by atoms with Gasteiger partial charge in [0.25, 0.3) is 5.91 Å². The van der Waals surface area contributed by atoms with Gasteiger partial charge in [-0.05, 0) is 25.0 Å². The highest BCUT2D eigenvalue weighted by molar-refractivity contribution is 5.90. The number of nitrogens with two attached hydrogens (primary N) is 2. The molecule has 0 saturated carbocycles. The predicted octanol–water partition coefficient (Wildman–Crippen LogP) is 0.505. The molecule has 0 unspecified atom stereocenters. The first-order chi connectivity index (χ1) is 8.06. The van der Waals surface area contributed by atoms with E-state index in [1.54, 1.807) is 12.1 Å². The molecule has 1 rings (SSSR count). The quantitative estimate of drug-likeness (QED) is 0.668. The Hall–Kier alpha value is -1.69. The Morgan fingerprint density at radius 1 is 1.35 bits per heavy atom. The molecule has 1 aromatic heterocycles. The van der Waals surface area contributed by atoms with E-state index >= 15 is 0 Å². The van der Waals surface area contributed by atoms with E-state index in [4.69, 9.17) is 11.5 Å². The maximum atomic E-state index is 10.8. The fourth-order valence-corrected chi connectivity index (χ4v) is 1.57. The van der Waals surface area contributed by atoms with Crippen LogP contribution in [0.4, 0.5) is 5.82 Å². The van der Waals surface area contributed by atoms with Gasteiger partial charge in [-0.25, -0.2) is 0 Å². The molecule has 6 heteroatoms. The molecule has 0 spiro atoms. The highest BCUT2D eigenvalue weighted by atomic mass is 16.1. The maximum Gasteiger partial charge on any atom is 0.269 e. The fraction of sp³-hybridized carbons (Fsp3) is 0.545. The summed E-state index contributed by atoms with van der Waals surface area (Å²) in [5.74, 6) is 0.0178. The Balaban J connectivity index is 2.84. The molecule has 0 aliphatic rings. The average Bonchev–Trinajstić information content (AvgIpc) is 2.37. The first kappa shape index (κ1) is 13.4. The zero-order chi connectivity index (χ0) is 12.9. The van der Waals surface area contributed by atoms with Gasteiger partial charge >= 0.3 is 0 Å². The number of primary amides is 1. The predicted molar refractivity (Wildman–Crippen MR) is 66.5 cm³/mol. The van der Waals surface area contributed by atoms with Gasteiger partial charge in [0.05, 0.1) is 5.54 Å². The van der Waals surface area contributed by atoms with Crippen LogP contribution in [0.15, 0.2) is 12.1 Å². The summed E-state index contributed by atoms with van der Waals surface area (Å²) in [5, 5.41) is 10.9. The van der Waals surface area contributed by atoms with Crippen molar-refractivity contribution in [3.63, 3.8) is 0 Å². The second kappa shape index (κ2) is 5.58. The number of hydrogen-bond donors (Lipinski definition) is 3. The molecule has 0 fully saturated rings. The van der Waals surface area contributed by atoms with Gasteiger partial charge in [0.2, 0.25) is 0 Å². The summed E-state index contributed by atoms with van der Waals surface area (Å²) in [5.41, 5.74) is 10.8. The minimum atomic E-state index is -0.583. The van der Waals surface area contributed by atoms with E-state index in [-0.39, 0.29) is 11.2 Å². The SMILES string of the molecule is CCC(CC)(CN)Nc1ccc(C(N)=O)nn1. The maximum absolute atomic E-state index is 10.8. The Labute approximate surface area is 101 Å². The summed E-state index contributed by atoms with van der Waals surface area (Å²) in [4.78, 5) is 10.8. The molecule has 0 aromatic carbocycles. The van der Waals surface area contributed by atoms with Crippen molar-refractivity contribution in [1.29, 1.82) is 0 Å². The van der Waals surface area contributed by atoms with Gasteiger partial charge in [0, 0.05) is 6.54 Å². The third kappa shape index (κ3) is 3.13. The molecule has 17 heavy (non-hydrogen) atoms. The molecule has 94 valence electrons. The van der Waals surface area contributed by atoms with Crippen molar-refractivity contribution >= 4 is 11.7 Å². The summed E-state index contributed by atoms with van der Waals surface area (Å²) in [6, 6.07) is 3.23. The van der Waals surface area contributed by atoms with Crippen molar-refractivity contribution in [3.05, 3.63) is 17.8 Å². The van der Waals surface area contributed by atoms with Crippen molar-refractivity contribution in [3.8, 4) is 0 Å². The lowest BCUT2D eigenvalue weighted by Gasteiger charge is -2.31. The third-order valence-electron chi connectivity index (χ3n) is 3.05. The minimum absolute atomic E-state index is 0.155. The molecule has 1 aromatic rings. The lowest BCUT2D eigenvalue weighted by Crippen LogP contribution is -2.44. The molecule has 0 aliphatic heterocycles. The van der Waals surface area contributed by atoms with Crippen LogP contribution >= 0.6 is 0 Å². The molecule has 0 saturated heterocycles. The average molecular weight is 237 g/mol. The van der Waals surface area contributed by atoms with E-state index in [1.807, 2.05) is 0 Å². The van der Waals surface area contributed by atoms with E-state index in [0.717, 1.165) is 12.8 Å². The van der Waals surface area contributed by atoms with Gasteiger partial charge in [-0.1, -0.05) is 13.8 Å². The van der Waals surface area contributed by atoms with Crippen LogP contribution in [0.25, 0.3) is 0 Å². The van der Waals surface area contributed by atoms with Crippen LogP contribution < -0.4 is 16.8 Å². The van der Waals surface area contributed by atoms with Crippen LogP contribution in [0.1, 0.15) is 37.2 Å². The van der Waals surface area contributed by atoms with Gasteiger partial charge in [0.15, 0.2) is 5.69 Å².